The summed E-state index contributed by atoms with van der Waals surface area (Å²) in [7, 11) is 0. The Hall–Kier alpha value is -1.13. The van der Waals surface area contributed by atoms with Crippen LogP contribution in [0.5, 0.6) is 5.75 Å². The maximum Gasteiger partial charge on any atom is 0.126 e. The fourth-order valence-electron chi connectivity index (χ4n) is 2.11. The van der Waals surface area contributed by atoms with Gasteiger partial charge in [0.05, 0.1) is 6.10 Å². The van der Waals surface area contributed by atoms with E-state index in [1.807, 2.05) is 6.92 Å². The van der Waals surface area contributed by atoms with Gasteiger partial charge in [0, 0.05) is 30.8 Å². The summed E-state index contributed by atoms with van der Waals surface area (Å²) in [5, 5.41) is 12.9. The van der Waals surface area contributed by atoms with E-state index in [2.05, 4.69) is 5.32 Å². The van der Waals surface area contributed by atoms with E-state index in [0.29, 0.717) is 5.56 Å². The van der Waals surface area contributed by atoms with Gasteiger partial charge >= 0.3 is 0 Å². The van der Waals surface area contributed by atoms with Gasteiger partial charge in [-0.1, -0.05) is 6.07 Å². The molecule has 17 heavy (non-hydrogen) atoms. The third kappa shape index (κ3) is 3.17. The van der Waals surface area contributed by atoms with Crippen LogP contribution in [0, 0.1) is 5.82 Å². The number of phenolic OH excluding ortho intramolecular Hbond substituents is 1. The van der Waals surface area contributed by atoms with Crippen molar-refractivity contribution in [2.45, 2.75) is 31.9 Å². The molecular weight excluding hydrogens is 221 g/mol. The molecule has 0 radical (unpaired) electrons. The summed E-state index contributed by atoms with van der Waals surface area (Å²) in [6.45, 7) is 3.54. The number of benzene rings is 1. The molecule has 2 atom stereocenters. The Bertz CT molecular complexity index is 378. The molecule has 0 bridgehead atoms. The molecule has 0 saturated carbocycles. The summed E-state index contributed by atoms with van der Waals surface area (Å²) in [5.74, 6) is -0.421. The van der Waals surface area contributed by atoms with Gasteiger partial charge in [-0.3, -0.25) is 0 Å². The Kier molecular flexibility index (Phi) is 3.97. The second kappa shape index (κ2) is 5.47. The fourth-order valence-corrected chi connectivity index (χ4v) is 2.11. The largest absolute Gasteiger partial charge is 0.508 e. The van der Waals surface area contributed by atoms with Crippen LogP contribution in [0.25, 0.3) is 0 Å². The van der Waals surface area contributed by atoms with Crippen LogP contribution in [0.3, 0.4) is 0 Å². The number of hydrogen-bond donors (Lipinski definition) is 2. The molecule has 94 valence electrons. The summed E-state index contributed by atoms with van der Waals surface area (Å²) in [5.41, 5.74) is 0.712. The van der Waals surface area contributed by atoms with Crippen LogP contribution in [-0.2, 0) is 4.74 Å². The molecule has 0 aromatic heterocycles. The first kappa shape index (κ1) is 12.3. The number of hydrogen-bond acceptors (Lipinski definition) is 3. The van der Waals surface area contributed by atoms with Crippen molar-refractivity contribution in [3.8, 4) is 5.75 Å². The third-order valence-corrected chi connectivity index (χ3v) is 3.13. The summed E-state index contributed by atoms with van der Waals surface area (Å²) in [4.78, 5) is 0. The van der Waals surface area contributed by atoms with E-state index in [-0.39, 0.29) is 17.9 Å². The second-order valence-corrected chi connectivity index (χ2v) is 4.47. The molecule has 2 unspecified atom stereocenters. The van der Waals surface area contributed by atoms with Gasteiger partial charge in [-0.15, -0.1) is 0 Å². The first-order valence-electron chi connectivity index (χ1n) is 6.00. The van der Waals surface area contributed by atoms with Gasteiger partial charge in [0.2, 0.25) is 0 Å². The average molecular weight is 239 g/mol. The van der Waals surface area contributed by atoms with Gasteiger partial charge in [0.1, 0.15) is 11.6 Å². The van der Waals surface area contributed by atoms with Gasteiger partial charge in [-0.2, -0.15) is 0 Å². The van der Waals surface area contributed by atoms with Crippen LogP contribution in [0.15, 0.2) is 18.2 Å². The standard InChI is InChI=1S/C13H18FNO2/c1-9(15-8-11-3-2-6-17-11)12-5-4-10(14)7-13(12)16/h4-5,7,9,11,15-16H,2-3,6,8H2,1H3. The van der Waals surface area contributed by atoms with Crippen LogP contribution in [-0.4, -0.2) is 24.4 Å². The van der Waals surface area contributed by atoms with Gasteiger partial charge in [-0.25, -0.2) is 4.39 Å². The predicted molar refractivity (Wildman–Crippen MR) is 63.5 cm³/mol. The summed E-state index contributed by atoms with van der Waals surface area (Å²) in [6.07, 6.45) is 2.46. The monoisotopic (exact) mass is 239 g/mol. The van der Waals surface area contributed by atoms with Gasteiger partial charge < -0.3 is 15.2 Å². The second-order valence-electron chi connectivity index (χ2n) is 4.47. The number of aromatic hydroxyl groups is 1. The number of ether oxygens (including phenoxy) is 1. The van der Waals surface area contributed by atoms with E-state index in [9.17, 15) is 9.50 Å². The molecule has 1 aliphatic heterocycles. The minimum Gasteiger partial charge on any atom is -0.508 e. The Morgan fingerprint density at radius 1 is 1.59 bits per heavy atom. The van der Waals surface area contributed by atoms with Crippen molar-refractivity contribution in [3.63, 3.8) is 0 Å². The van der Waals surface area contributed by atoms with Crippen LogP contribution in [0.4, 0.5) is 4.39 Å². The van der Waals surface area contributed by atoms with Gasteiger partial charge in [0.15, 0.2) is 0 Å². The van der Waals surface area contributed by atoms with Crippen LogP contribution < -0.4 is 5.32 Å². The lowest BCUT2D eigenvalue weighted by Crippen LogP contribution is -2.28. The summed E-state index contributed by atoms with van der Waals surface area (Å²) < 4.78 is 18.3. The minimum absolute atomic E-state index is 0.00246. The lowest BCUT2D eigenvalue weighted by atomic mass is 10.1. The number of rotatable bonds is 4. The fraction of sp³-hybridized carbons (Fsp3) is 0.538. The Morgan fingerprint density at radius 2 is 2.41 bits per heavy atom. The minimum atomic E-state index is -0.419. The molecule has 0 spiro atoms. The summed E-state index contributed by atoms with van der Waals surface area (Å²) in [6, 6.07) is 4.09. The highest BCUT2D eigenvalue weighted by Crippen LogP contribution is 2.24. The molecule has 1 saturated heterocycles. The van der Waals surface area contributed by atoms with E-state index in [1.165, 1.54) is 6.07 Å². The van der Waals surface area contributed by atoms with Gasteiger partial charge in [-0.05, 0) is 25.8 Å². The zero-order chi connectivity index (χ0) is 12.3. The predicted octanol–water partition coefficient (Wildman–Crippen LogP) is 2.36. The molecular formula is C13H18FNO2. The molecule has 1 fully saturated rings. The molecule has 2 rings (SSSR count). The Morgan fingerprint density at radius 3 is 3.06 bits per heavy atom. The molecule has 0 amide bonds. The maximum absolute atomic E-state index is 12.8. The number of nitrogens with one attached hydrogen (secondary N) is 1. The van der Waals surface area contributed by atoms with E-state index >= 15 is 0 Å². The smallest absolute Gasteiger partial charge is 0.126 e. The molecule has 2 N–H and O–H groups in total. The molecule has 3 nitrogen and oxygen atoms in total. The maximum atomic E-state index is 12.8. The van der Waals surface area contributed by atoms with Crippen molar-refractivity contribution >= 4 is 0 Å². The molecule has 0 aliphatic carbocycles. The van der Waals surface area contributed by atoms with Crippen molar-refractivity contribution in [1.82, 2.24) is 5.32 Å². The molecule has 1 aromatic rings. The lowest BCUT2D eigenvalue weighted by molar-refractivity contribution is 0.108. The van der Waals surface area contributed by atoms with Gasteiger partial charge in [0.25, 0.3) is 0 Å². The average Bonchev–Trinajstić information content (AvgIpc) is 2.78. The highest BCUT2D eigenvalue weighted by atomic mass is 19.1. The molecule has 1 aromatic carbocycles. The van der Waals surface area contributed by atoms with Crippen LogP contribution in [0.2, 0.25) is 0 Å². The zero-order valence-corrected chi connectivity index (χ0v) is 9.95. The van der Waals surface area contributed by atoms with Crippen molar-refractivity contribution in [2.24, 2.45) is 0 Å². The van der Waals surface area contributed by atoms with E-state index in [0.717, 1.165) is 32.1 Å². The molecule has 1 heterocycles. The highest BCUT2D eigenvalue weighted by Gasteiger charge is 2.17. The van der Waals surface area contributed by atoms with E-state index in [1.54, 1.807) is 6.07 Å². The van der Waals surface area contributed by atoms with Crippen molar-refractivity contribution in [2.75, 3.05) is 13.2 Å². The van der Waals surface area contributed by atoms with Crippen molar-refractivity contribution < 1.29 is 14.2 Å². The summed E-state index contributed by atoms with van der Waals surface area (Å²) >= 11 is 0. The molecule has 1 aliphatic rings. The quantitative estimate of drug-likeness (QED) is 0.847. The van der Waals surface area contributed by atoms with E-state index in [4.69, 9.17) is 4.74 Å². The topological polar surface area (TPSA) is 41.5 Å². The van der Waals surface area contributed by atoms with Crippen LogP contribution >= 0.6 is 0 Å². The van der Waals surface area contributed by atoms with Crippen molar-refractivity contribution in [1.29, 1.82) is 0 Å². The lowest BCUT2D eigenvalue weighted by Gasteiger charge is -2.18. The van der Waals surface area contributed by atoms with Crippen molar-refractivity contribution in [3.05, 3.63) is 29.6 Å². The Balaban J connectivity index is 1.91. The normalized spacial score (nSPS) is 21.6. The van der Waals surface area contributed by atoms with E-state index < -0.39 is 5.82 Å². The highest BCUT2D eigenvalue weighted by molar-refractivity contribution is 5.34. The Labute approximate surface area is 101 Å². The zero-order valence-electron chi connectivity index (χ0n) is 9.95. The third-order valence-electron chi connectivity index (χ3n) is 3.13. The molecule has 4 heteroatoms. The number of phenols is 1. The SMILES string of the molecule is CC(NCC1CCCO1)c1ccc(F)cc1O. The number of halogens is 1. The van der Waals surface area contributed by atoms with Crippen LogP contribution in [0.1, 0.15) is 31.4 Å². The first-order valence-corrected chi connectivity index (χ1v) is 6.00. The first-order chi connectivity index (χ1) is 8.16.